The highest BCUT2D eigenvalue weighted by Gasteiger charge is 2.53. The van der Waals surface area contributed by atoms with Crippen LogP contribution in [0.25, 0.3) is 0 Å². The summed E-state index contributed by atoms with van der Waals surface area (Å²) in [5, 5.41) is 0. The largest absolute Gasteiger partial charge is 0.454 e. The molecule has 1 aromatic carbocycles. The second-order valence-corrected chi connectivity index (χ2v) is 8.65. The van der Waals surface area contributed by atoms with Crippen LogP contribution in [0.15, 0.2) is 24.3 Å². The number of benzene rings is 1. The molecule has 26 heavy (non-hydrogen) atoms. The van der Waals surface area contributed by atoms with Gasteiger partial charge >= 0.3 is 5.97 Å². The van der Waals surface area contributed by atoms with Crippen molar-refractivity contribution >= 4 is 35.2 Å². The fourth-order valence-electron chi connectivity index (χ4n) is 4.09. The number of ether oxygens (including phenoxy) is 1. The average Bonchev–Trinajstić information content (AvgIpc) is 3.15. The number of thioether (sulfide) groups is 1. The van der Waals surface area contributed by atoms with Gasteiger partial charge in [-0.3, -0.25) is 9.59 Å². The van der Waals surface area contributed by atoms with Gasteiger partial charge in [-0.2, -0.15) is 0 Å². The summed E-state index contributed by atoms with van der Waals surface area (Å²) >= 11 is 1.62. The van der Waals surface area contributed by atoms with Crippen molar-refractivity contribution in [2.24, 2.45) is 0 Å². The maximum absolute atomic E-state index is 12.6. The van der Waals surface area contributed by atoms with E-state index >= 15 is 0 Å². The van der Waals surface area contributed by atoms with Crippen LogP contribution in [0.2, 0.25) is 0 Å². The van der Waals surface area contributed by atoms with Crippen molar-refractivity contribution in [2.45, 2.75) is 43.5 Å². The van der Waals surface area contributed by atoms with Gasteiger partial charge in [0.2, 0.25) is 5.91 Å². The fourth-order valence-corrected chi connectivity index (χ4v) is 5.51. The van der Waals surface area contributed by atoms with Crippen LogP contribution in [0.4, 0.5) is 5.69 Å². The van der Waals surface area contributed by atoms with Crippen LogP contribution >= 0.6 is 11.8 Å². The Morgan fingerprint density at radius 1 is 1.31 bits per heavy atom. The first kappa shape index (κ1) is 17.4. The first-order valence-corrected chi connectivity index (χ1v) is 9.99. The predicted molar refractivity (Wildman–Crippen MR) is 98.8 cm³/mol. The molecule has 0 aliphatic carbocycles. The molecule has 1 aromatic rings. The number of fused-ring (bicyclic) bond motifs is 2. The number of aryl methyl sites for hydroxylation is 1. The summed E-state index contributed by atoms with van der Waals surface area (Å²) in [6, 6.07) is 7.24. The second-order valence-electron chi connectivity index (χ2n) is 7.15. The van der Waals surface area contributed by atoms with E-state index in [1.807, 2.05) is 31.2 Å². The number of carbonyl (C=O) groups is 3. The van der Waals surface area contributed by atoms with Gasteiger partial charge in [-0.05, 0) is 37.8 Å². The second kappa shape index (κ2) is 6.61. The third-order valence-electron chi connectivity index (χ3n) is 5.47. The number of hydrogen-bond acceptors (Lipinski definition) is 5. The Kier molecular flexibility index (Phi) is 4.42. The van der Waals surface area contributed by atoms with E-state index in [4.69, 9.17) is 4.74 Å². The molecule has 0 bridgehead atoms. The Labute approximate surface area is 156 Å². The van der Waals surface area contributed by atoms with Crippen molar-refractivity contribution in [3.05, 3.63) is 29.8 Å². The summed E-state index contributed by atoms with van der Waals surface area (Å²) < 4.78 is 5.32. The predicted octanol–water partition coefficient (Wildman–Crippen LogP) is 1.96. The van der Waals surface area contributed by atoms with E-state index in [2.05, 4.69) is 0 Å². The molecule has 0 unspecified atom stereocenters. The lowest BCUT2D eigenvalue weighted by atomic mass is 10.0. The molecule has 3 heterocycles. The Bertz CT molecular complexity index is 768. The van der Waals surface area contributed by atoms with Gasteiger partial charge in [0.15, 0.2) is 6.61 Å². The van der Waals surface area contributed by atoms with Crippen molar-refractivity contribution in [1.29, 1.82) is 0 Å². The molecule has 0 aromatic heterocycles. The maximum Gasteiger partial charge on any atom is 0.330 e. The third kappa shape index (κ3) is 2.88. The summed E-state index contributed by atoms with van der Waals surface area (Å²) in [6.07, 6.45) is 3.08. The smallest absolute Gasteiger partial charge is 0.330 e. The van der Waals surface area contributed by atoms with Gasteiger partial charge in [0, 0.05) is 24.4 Å². The van der Waals surface area contributed by atoms with Gasteiger partial charge in [0.05, 0.1) is 4.87 Å². The highest BCUT2D eigenvalue weighted by atomic mass is 32.2. The zero-order chi connectivity index (χ0) is 18.3. The molecule has 2 fully saturated rings. The highest BCUT2D eigenvalue weighted by molar-refractivity contribution is 8.01. The number of carbonyl (C=O) groups excluding carboxylic acids is 3. The average molecular weight is 374 g/mol. The Hall–Kier alpha value is -2.02. The molecule has 3 aliphatic rings. The van der Waals surface area contributed by atoms with E-state index < -0.39 is 12.0 Å². The molecule has 7 heteroatoms. The Morgan fingerprint density at radius 3 is 2.96 bits per heavy atom. The van der Waals surface area contributed by atoms with Gasteiger partial charge in [-0.15, -0.1) is 11.8 Å². The molecular weight excluding hydrogens is 352 g/mol. The standard InChI is InChI=1S/C19H22N2O4S/c1-19-9-8-16(22)21(19)15(12-26-19)18(24)25-11-17(23)20-10-4-6-13-5-2-3-7-14(13)20/h2-3,5,7,15H,4,6,8-12H2,1H3/t15-,19-/m1/s1. The lowest BCUT2D eigenvalue weighted by molar-refractivity contribution is -0.155. The SMILES string of the molecule is C[C@@]12CCC(=O)N1[C@@H](C(=O)OCC(=O)N1CCCc3ccccc31)CS2. The van der Waals surface area contributed by atoms with E-state index in [0.29, 0.717) is 18.7 Å². The molecule has 2 amide bonds. The van der Waals surface area contributed by atoms with E-state index in [1.54, 1.807) is 21.6 Å². The maximum atomic E-state index is 12.6. The number of nitrogens with zero attached hydrogens (tertiary/aromatic N) is 2. The first-order valence-electron chi connectivity index (χ1n) is 9.01. The molecule has 0 spiro atoms. The van der Waals surface area contributed by atoms with Crippen LogP contribution in [0.3, 0.4) is 0 Å². The molecule has 0 saturated carbocycles. The summed E-state index contributed by atoms with van der Waals surface area (Å²) in [5.74, 6) is -0.167. The zero-order valence-electron chi connectivity index (χ0n) is 14.8. The number of esters is 1. The van der Waals surface area contributed by atoms with Crippen molar-refractivity contribution in [3.8, 4) is 0 Å². The number of anilines is 1. The molecule has 138 valence electrons. The van der Waals surface area contributed by atoms with Crippen LogP contribution < -0.4 is 4.90 Å². The van der Waals surface area contributed by atoms with Crippen LogP contribution in [0.5, 0.6) is 0 Å². The van der Waals surface area contributed by atoms with Gasteiger partial charge in [-0.1, -0.05) is 18.2 Å². The normalized spacial score (nSPS) is 27.3. The van der Waals surface area contributed by atoms with Crippen LogP contribution in [-0.2, 0) is 25.5 Å². The molecular formula is C19H22N2O4S. The van der Waals surface area contributed by atoms with E-state index in [1.165, 1.54) is 0 Å². The summed E-state index contributed by atoms with van der Waals surface area (Å²) in [6.45, 7) is 2.34. The number of hydrogen-bond donors (Lipinski definition) is 0. The van der Waals surface area contributed by atoms with Crippen LogP contribution in [-0.4, -0.2) is 52.5 Å². The topological polar surface area (TPSA) is 66.9 Å². The summed E-state index contributed by atoms with van der Waals surface area (Å²) in [5.41, 5.74) is 2.04. The Morgan fingerprint density at radius 2 is 2.12 bits per heavy atom. The number of rotatable bonds is 3. The molecule has 0 N–H and O–H groups in total. The van der Waals surface area contributed by atoms with Gasteiger partial charge < -0.3 is 14.5 Å². The first-order chi connectivity index (χ1) is 12.5. The molecule has 6 nitrogen and oxygen atoms in total. The van der Waals surface area contributed by atoms with Crippen molar-refractivity contribution in [3.63, 3.8) is 0 Å². The fraction of sp³-hybridized carbons (Fsp3) is 0.526. The molecule has 0 radical (unpaired) electrons. The Balaban J connectivity index is 1.40. The highest BCUT2D eigenvalue weighted by Crippen LogP contribution is 2.47. The van der Waals surface area contributed by atoms with E-state index in [-0.39, 0.29) is 23.3 Å². The zero-order valence-corrected chi connectivity index (χ0v) is 15.6. The third-order valence-corrected chi connectivity index (χ3v) is 6.97. The van der Waals surface area contributed by atoms with Gasteiger partial charge in [0.25, 0.3) is 5.91 Å². The summed E-state index contributed by atoms with van der Waals surface area (Å²) in [4.78, 5) is 40.3. The quantitative estimate of drug-likeness (QED) is 0.757. The minimum Gasteiger partial charge on any atom is -0.454 e. The van der Waals surface area contributed by atoms with E-state index in [0.717, 1.165) is 30.5 Å². The van der Waals surface area contributed by atoms with Crippen molar-refractivity contribution in [1.82, 2.24) is 4.90 Å². The van der Waals surface area contributed by atoms with Gasteiger partial charge in [0.1, 0.15) is 6.04 Å². The van der Waals surface area contributed by atoms with Crippen molar-refractivity contribution in [2.75, 3.05) is 23.8 Å². The monoisotopic (exact) mass is 374 g/mol. The number of para-hydroxylation sites is 1. The minimum atomic E-state index is -0.582. The van der Waals surface area contributed by atoms with Crippen LogP contribution in [0.1, 0.15) is 31.7 Å². The summed E-state index contributed by atoms with van der Waals surface area (Å²) in [7, 11) is 0. The lowest BCUT2D eigenvalue weighted by Crippen LogP contribution is -2.47. The van der Waals surface area contributed by atoms with E-state index in [9.17, 15) is 14.4 Å². The van der Waals surface area contributed by atoms with Crippen LogP contribution in [0, 0.1) is 0 Å². The van der Waals surface area contributed by atoms with Gasteiger partial charge in [-0.25, -0.2) is 4.79 Å². The molecule has 3 aliphatic heterocycles. The molecule has 4 rings (SSSR count). The molecule has 2 saturated heterocycles. The molecule has 2 atom stereocenters. The number of amides is 2. The lowest BCUT2D eigenvalue weighted by Gasteiger charge is -2.30. The van der Waals surface area contributed by atoms with Crippen molar-refractivity contribution < 1.29 is 19.1 Å². The minimum absolute atomic E-state index is 0.00395.